The molecule has 0 bridgehead atoms. The molecule has 1 heterocycles. The Morgan fingerprint density at radius 3 is 2.85 bits per heavy atom. The Morgan fingerprint density at radius 1 is 1.50 bits per heavy atom. The van der Waals surface area contributed by atoms with Crippen molar-refractivity contribution < 1.29 is 9.59 Å². The molecule has 1 aliphatic rings. The summed E-state index contributed by atoms with van der Waals surface area (Å²) in [4.78, 5) is 24.6. The number of benzene rings is 1. The Hall–Kier alpha value is -2.33. The summed E-state index contributed by atoms with van der Waals surface area (Å²) in [6.07, 6.45) is -0.264. The van der Waals surface area contributed by atoms with Crippen LogP contribution in [0.1, 0.15) is 12.0 Å². The molecular formula is C13H12N4O2S. The highest BCUT2D eigenvalue weighted by atomic mass is 32.2. The smallest absolute Gasteiger partial charge is 0.254 e. The third-order valence-electron chi connectivity index (χ3n) is 2.57. The zero-order chi connectivity index (χ0) is 14.5. The number of hydrazone groups is 1. The summed E-state index contributed by atoms with van der Waals surface area (Å²) in [7, 11) is 0. The number of carbonyl (C=O) groups excluding carboxylic acids is 2. The second-order valence-corrected chi connectivity index (χ2v) is 5.06. The van der Waals surface area contributed by atoms with E-state index in [4.69, 9.17) is 5.26 Å². The molecule has 1 saturated heterocycles. The summed E-state index contributed by atoms with van der Waals surface area (Å²) in [6, 6.07) is 9.18. The van der Waals surface area contributed by atoms with Gasteiger partial charge in [0, 0.05) is 0 Å². The van der Waals surface area contributed by atoms with E-state index in [2.05, 4.69) is 10.5 Å². The van der Waals surface area contributed by atoms with Gasteiger partial charge in [0.15, 0.2) is 5.17 Å². The number of amides is 2. The van der Waals surface area contributed by atoms with Crippen LogP contribution in [0.15, 0.2) is 29.4 Å². The number of nitrogens with zero attached hydrogens (tertiary/aromatic N) is 3. The number of carbonyl (C=O) groups is 2. The first kappa shape index (κ1) is 14.1. The van der Waals surface area contributed by atoms with Crippen LogP contribution in [0.2, 0.25) is 0 Å². The number of aryl methyl sites for hydroxylation is 1. The van der Waals surface area contributed by atoms with Gasteiger partial charge in [0.2, 0.25) is 5.91 Å². The van der Waals surface area contributed by atoms with Crippen molar-refractivity contribution in [2.24, 2.45) is 5.10 Å². The monoisotopic (exact) mass is 288 g/mol. The quantitative estimate of drug-likeness (QED) is 0.851. The molecule has 2 rings (SSSR count). The Morgan fingerprint density at radius 2 is 2.20 bits per heavy atom. The van der Waals surface area contributed by atoms with Gasteiger partial charge in [-0.25, -0.2) is 5.43 Å². The number of nitrogens with one attached hydrogen (secondary N) is 1. The van der Waals surface area contributed by atoms with Crippen LogP contribution in [-0.2, 0) is 9.59 Å². The first-order valence-corrected chi connectivity index (χ1v) is 6.86. The minimum Gasteiger partial charge on any atom is -0.273 e. The van der Waals surface area contributed by atoms with E-state index >= 15 is 0 Å². The summed E-state index contributed by atoms with van der Waals surface area (Å²) in [5.41, 5.74) is 4.07. The molecule has 102 valence electrons. The molecule has 0 spiro atoms. The summed E-state index contributed by atoms with van der Waals surface area (Å²) in [5.74, 6) is -0.308. The van der Waals surface area contributed by atoms with Gasteiger partial charge in [-0.1, -0.05) is 29.5 Å². The lowest BCUT2D eigenvalue weighted by molar-refractivity contribution is -0.120. The third kappa shape index (κ3) is 3.16. The van der Waals surface area contributed by atoms with Crippen molar-refractivity contribution in [1.29, 1.82) is 5.26 Å². The number of amidine groups is 1. The van der Waals surface area contributed by atoms with E-state index in [-0.39, 0.29) is 18.1 Å². The van der Waals surface area contributed by atoms with Crippen LogP contribution in [0, 0.1) is 18.3 Å². The van der Waals surface area contributed by atoms with Gasteiger partial charge in [0.05, 0.1) is 17.5 Å². The van der Waals surface area contributed by atoms with Gasteiger partial charge in [-0.15, -0.1) is 5.10 Å². The molecule has 0 radical (unpaired) electrons. The standard InChI is InChI=1S/C13H12N4O2S/c1-9-2-4-10(5-3-9)17-12(19)8-20-13(17)16-15-11(18)6-7-14/h2-5H,6,8H2,1H3,(H,15,18)/b16-13-. The number of hydrogen-bond donors (Lipinski definition) is 1. The minimum absolute atomic E-state index is 0.0906. The molecule has 20 heavy (non-hydrogen) atoms. The zero-order valence-corrected chi connectivity index (χ0v) is 11.6. The highest BCUT2D eigenvalue weighted by Gasteiger charge is 2.29. The van der Waals surface area contributed by atoms with E-state index in [9.17, 15) is 9.59 Å². The molecule has 1 N–H and O–H groups in total. The van der Waals surface area contributed by atoms with Gasteiger partial charge in [0.25, 0.3) is 5.91 Å². The SMILES string of the molecule is Cc1ccc(N2C(=O)CS/C2=N\NC(=O)CC#N)cc1. The lowest BCUT2D eigenvalue weighted by atomic mass is 10.2. The van der Waals surface area contributed by atoms with Crippen molar-refractivity contribution in [3.05, 3.63) is 29.8 Å². The summed E-state index contributed by atoms with van der Waals surface area (Å²) < 4.78 is 0. The fourth-order valence-corrected chi connectivity index (χ4v) is 2.44. The van der Waals surface area contributed by atoms with E-state index in [0.29, 0.717) is 10.9 Å². The Labute approximate surface area is 120 Å². The molecule has 0 aromatic heterocycles. The number of anilines is 1. The summed E-state index contributed by atoms with van der Waals surface area (Å²) >= 11 is 1.25. The fraction of sp³-hybridized carbons (Fsp3) is 0.231. The molecule has 0 aliphatic carbocycles. The molecule has 1 aromatic rings. The van der Waals surface area contributed by atoms with Crippen molar-refractivity contribution in [3.63, 3.8) is 0 Å². The van der Waals surface area contributed by atoms with Crippen molar-refractivity contribution in [2.45, 2.75) is 13.3 Å². The second-order valence-electron chi connectivity index (χ2n) is 4.12. The van der Waals surface area contributed by atoms with Crippen molar-refractivity contribution in [1.82, 2.24) is 5.43 Å². The zero-order valence-electron chi connectivity index (χ0n) is 10.8. The van der Waals surface area contributed by atoms with E-state index in [1.54, 1.807) is 6.07 Å². The van der Waals surface area contributed by atoms with Gasteiger partial charge >= 0.3 is 0 Å². The molecule has 0 saturated carbocycles. The van der Waals surface area contributed by atoms with Gasteiger partial charge < -0.3 is 0 Å². The van der Waals surface area contributed by atoms with Crippen LogP contribution >= 0.6 is 11.8 Å². The van der Waals surface area contributed by atoms with Gasteiger partial charge in [-0.3, -0.25) is 14.5 Å². The first-order chi connectivity index (χ1) is 9.61. The predicted molar refractivity (Wildman–Crippen MR) is 76.9 cm³/mol. The lowest BCUT2D eigenvalue weighted by Gasteiger charge is -2.15. The van der Waals surface area contributed by atoms with Crippen LogP contribution in [0.4, 0.5) is 5.69 Å². The molecular weight excluding hydrogens is 276 g/mol. The average molecular weight is 288 g/mol. The predicted octanol–water partition coefficient (Wildman–Crippen LogP) is 1.38. The van der Waals surface area contributed by atoms with Crippen LogP contribution in [-0.4, -0.2) is 22.7 Å². The average Bonchev–Trinajstić information content (AvgIpc) is 2.79. The van der Waals surface area contributed by atoms with E-state index in [0.717, 1.165) is 5.56 Å². The topological polar surface area (TPSA) is 85.6 Å². The summed E-state index contributed by atoms with van der Waals surface area (Å²) in [6.45, 7) is 1.96. The number of thioether (sulfide) groups is 1. The Kier molecular flexibility index (Phi) is 4.38. The first-order valence-electron chi connectivity index (χ1n) is 5.87. The Balaban J connectivity index is 2.19. The molecule has 6 nitrogen and oxygen atoms in total. The van der Waals surface area contributed by atoms with Gasteiger partial charge in [-0.2, -0.15) is 5.26 Å². The summed E-state index contributed by atoms with van der Waals surface area (Å²) in [5, 5.41) is 12.7. The van der Waals surface area contributed by atoms with Crippen molar-refractivity contribution in [2.75, 3.05) is 10.7 Å². The highest BCUT2D eigenvalue weighted by Crippen LogP contribution is 2.26. The minimum atomic E-state index is -0.496. The van der Waals surface area contributed by atoms with Crippen molar-refractivity contribution in [3.8, 4) is 6.07 Å². The van der Waals surface area contributed by atoms with Gasteiger partial charge in [0.1, 0.15) is 6.42 Å². The van der Waals surface area contributed by atoms with Crippen LogP contribution in [0.3, 0.4) is 0 Å². The molecule has 1 fully saturated rings. The molecule has 7 heteroatoms. The maximum Gasteiger partial charge on any atom is 0.254 e. The van der Waals surface area contributed by atoms with E-state index < -0.39 is 5.91 Å². The molecule has 0 unspecified atom stereocenters. The highest BCUT2D eigenvalue weighted by molar-refractivity contribution is 8.15. The lowest BCUT2D eigenvalue weighted by Crippen LogP contribution is -2.31. The number of hydrogen-bond acceptors (Lipinski definition) is 5. The fourth-order valence-electron chi connectivity index (χ4n) is 1.61. The molecule has 1 aromatic carbocycles. The second kappa shape index (κ2) is 6.21. The van der Waals surface area contributed by atoms with E-state index in [1.165, 1.54) is 16.7 Å². The van der Waals surface area contributed by atoms with Crippen LogP contribution in [0.5, 0.6) is 0 Å². The maximum absolute atomic E-state index is 11.9. The normalized spacial score (nSPS) is 16.3. The Bertz CT molecular complexity index is 604. The van der Waals surface area contributed by atoms with Crippen LogP contribution < -0.4 is 10.3 Å². The number of nitriles is 1. The molecule has 2 amide bonds. The molecule has 0 atom stereocenters. The van der Waals surface area contributed by atoms with Crippen LogP contribution in [0.25, 0.3) is 0 Å². The van der Waals surface area contributed by atoms with Gasteiger partial charge in [-0.05, 0) is 19.1 Å². The van der Waals surface area contributed by atoms with E-state index in [1.807, 2.05) is 31.2 Å². The third-order valence-corrected chi connectivity index (χ3v) is 3.50. The molecule has 1 aliphatic heterocycles. The van der Waals surface area contributed by atoms with Crippen molar-refractivity contribution >= 4 is 34.4 Å². The number of rotatable bonds is 3. The maximum atomic E-state index is 11.9. The largest absolute Gasteiger partial charge is 0.273 e.